The van der Waals surface area contributed by atoms with E-state index >= 15 is 0 Å². The predicted octanol–water partition coefficient (Wildman–Crippen LogP) is 2.99. The van der Waals surface area contributed by atoms with E-state index in [1.54, 1.807) is 0 Å². The fourth-order valence-corrected chi connectivity index (χ4v) is 2.77. The van der Waals surface area contributed by atoms with Gasteiger partial charge >= 0.3 is 5.97 Å². The van der Waals surface area contributed by atoms with E-state index in [9.17, 15) is 4.79 Å². The van der Waals surface area contributed by atoms with Gasteiger partial charge in [0.2, 0.25) is 0 Å². The van der Waals surface area contributed by atoms with E-state index < -0.39 is 5.41 Å². The maximum absolute atomic E-state index is 11.6. The van der Waals surface area contributed by atoms with Crippen LogP contribution in [-0.4, -0.2) is 25.7 Å². The van der Waals surface area contributed by atoms with Crippen molar-refractivity contribution in [3.63, 3.8) is 0 Å². The van der Waals surface area contributed by atoms with E-state index in [0.29, 0.717) is 12.6 Å². The van der Waals surface area contributed by atoms with Crippen molar-refractivity contribution in [2.24, 2.45) is 17.3 Å². The summed E-state index contributed by atoms with van der Waals surface area (Å²) in [7, 11) is 1.46. The van der Waals surface area contributed by atoms with E-state index in [4.69, 9.17) is 4.74 Å². The molecule has 0 aromatic rings. The third kappa shape index (κ3) is 4.27. The Labute approximate surface area is 112 Å². The number of nitrogens with one attached hydrogen (secondary N) is 1. The van der Waals surface area contributed by atoms with Crippen molar-refractivity contribution in [1.29, 1.82) is 0 Å². The van der Waals surface area contributed by atoms with Crippen molar-refractivity contribution >= 4 is 5.97 Å². The number of hydrogen-bond acceptors (Lipinski definition) is 3. The number of hydrogen-bond donors (Lipinski definition) is 1. The Kier molecular flexibility index (Phi) is 5.64. The highest BCUT2D eigenvalue weighted by Crippen LogP contribution is 2.30. The number of rotatable bonds is 5. The molecule has 0 aromatic heterocycles. The highest BCUT2D eigenvalue weighted by atomic mass is 16.5. The number of methoxy groups -OCH3 is 1. The minimum atomic E-state index is -0.431. The van der Waals surface area contributed by atoms with Crippen LogP contribution < -0.4 is 5.32 Å². The van der Waals surface area contributed by atoms with Gasteiger partial charge in [-0.05, 0) is 38.5 Å². The van der Waals surface area contributed by atoms with E-state index in [1.807, 2.05) is 13.8 Å². The van der Waals surface area contributed by atoms with Crippen LogP contribution in [0.2, 0.25) is 0 Å². The Bertz CT molecular complexity index is 274. The lowest BCUT2D eigenvalue weighted by molar-refractivity contribution is -0.150. The summed E-state index contributed by atoms with van der Waals surface area (Å²) in [5.41, 5.74) is -0.431. The third-order valence-corrected chi connectivity index (χ3v) is 4.23. The number of esters is 1. The lowest BCUT2D eigenvalue weighted by Crippen LogP contribution is -2.43. The zero-order chi connectivity index (χ0) is 13.8. The molecule has 0 aromatic carbocycles. The molecule has 3 nitrogen and oxygen atoms in total. The van der Waals surface area contributed by atoms with Crippen LogP contribution in [0, 0.1) is 17.3 Å². The third-order valence-electron chi connectivity index (χ3n) is 4.23. The molecule has 1 saturated carbocycles. The van der Waals surface area contributed by atoms with Gasteiger partial charge in [-0.25, -0.2) is 0 Å². The second kappa shape index (κ2) is 6.55. The maximum Gasteiger partial charge on any atom is 0.312 e. The molecule has 1 rings (SSSR count). The molecular formula is C15H29NO2. The summed E-state index contributed by atoms with van der Waals surface area (Å²) in [6.45, 7) is 9.20. The quantitative estimate of drug-likeness (QED) is 0.768. The molecule has 1 aliphatic carbocycles. The van der Waals surface area contributed by atoms with Crippen LogP contribution in [0.25, 0.3) is 0 Å². The fourth-order valence-electron chi connectivity index (χ4n) is 2.77. The van der Waals surface area contributed by atoms with E-state index in [0.717, 1.165) is 11.8 Å². The maximum atomic E-state index is 11.6. The summed E-state index contributed by atoms with van der Waals surface area (Å²) in [5.74, 6) is 1.46. The van der Waals surface area contributed by atoms with Crippen molar-refractivity contribution in [2.45, 2.75) is 59.4 Å². The molecule has 106 valence electrons. The first-order valence-electron chi connectivity index (χ1n) is 7.18. The summed E-state index contributed by atoms with van der Waals surface area (Å²) in [5, 5.41) is 3.56. The molecule has 0 aliphatic heterocycles. The molecule has 2 unspecified atom stereocenters. The van der Waals surface area contributed by atoms with Crippen molar-refractivity contribution < 1.29 is 9.53 Å². The van der Waals surface area contributed by atoms with Crippen molar-refractivity contribution in [2.75, 3.05) is 13.7 Å². The standard InChI is InChI=1S/C15H29NO2/c1-11(2)12-7-6-8-13(9-12)16-10-15(3,4)14(17)18-5/h11-13,16H,6-10H2,1-5H3. The molecule has 0 spiro atoms. The Morgan fingerprint density at radius 1 is 1.39 bits per heavy atom. The van der Waals surface area contributed by atoms with Crippen LogP contribution in [0.5, 0.6) is 0 Å². The van der Waals surface area contributed by atoms with Crippen LogP contribution >= 0.6 is 0 Å². The molecule has 18 heavy (non-hydrogen) atoms. The highest BCUT2D eigenvalue weighted by Gasteiger charge is 2.31. The van der Waals surface area contributed by atoms with Crippen LogP contribution in [0.1, 0.15) is 53.4 Å². The van der Waals surface area contributed by atoms with Gasteiger partial charge in [0.05, 0.1) is 12.5 Å². The second-order valence-corrected chi connectivity index (χ2v) is 6.62. The van der Waals surface area contributed by atoms with Gasteiger partial charge in [0.25, 0.3) is 0 Å². The van der Waals surface area contributed by atoms with Crippen molar-refractivity contribution in [3.05, 3.63) is 0 Å². The SMILES string of the molecule is COC(=O)C(C)(C)CNC1CCCC(C(C)C)C1. The fraction of sp³-hybridized carbons (Fsp3) is 0.933. The zero-order valence-electron chi connectivity index (χ0n) is 12.6. The summed E-state index contributed by atoms with van der Waals surface area (Å²) in [6.07, 6.45) is 5.14. The molecule has 0 radical (unpaired) electrons. The first-order chi connectivity index (χ1) is 8.36. The Morgan fingerprint density at radius 2 is 2.06 bits per heavy atom. The molecule has 0 amide bonds. The van der Waals surface area contributed by atoms with Gasteiger partial charge in [0, 0.05) is 12.6 Å². The number of ether oxygens (including phenoxy) is 1. The van der Waals surface area contributed by atoms with E-state index in [2.05, 4.69) is 19.2 Å². The Hall–Kier alpha value is -0.570. The number of carbonyl (C=O) groups excluding carboxylic acids is 1. The summed E-state index contributed by atoms with van der Waals surface area (Å²) in [6, 6.07) is 0.565. The van der Waals surface area contributed by atoms with Crippen molar-refractivity contribution in [1.82, 2.24) is 5.32 Å². The molecule has 0 saturated heterocycles. The smallest absolute Gasteiger partial charge is 0.312 e. The van der Waals surface area contributed by atoms with Gasteiger partial charge in [-0.2, -0.15) is 0 Å². The van der Waals surface area contributed by atoms with Crippen LogP contribution in [-0.2, 0) is 9.53 Å². The number of carbonyl (C=O) groups is 1. The lowest BCUT2D eigenvalue weighted by Gasteiger charge is -2.34. The average molecular weight is 255 g/mol. The second-order valence-electron chi connectivity index (χ2n) is 6.62. The molecule has 1 aliphatic rings. The molecule has 0 bridgehead atoms. The summed E-state index contributed by atoms with van der Waals surface area (Å²) in [4.78, 5) is 11.6. The predicted molar refractivity (Wildman–Crippen MR) is 74.4 cm³/mol. The highest BCUT2D eigenvalue weighted by molar-refractivity contribution is 5.76. The Morgan fingerprint density at radius 3 is 2.61 bits per heavy atom. The minimum absolute atomic E-state index is 0.133. The van der Waals surface area contributed by atoms with Gasteiger partial charge in [-0.15, -0.1) is 0 Å². The van der Waals surface area contributed by atoms with Gasteiger partial charge in [0.1, 0.15) is 0 Å². The largest absolute Gasteiger partial charge is 0.469 e. The van der Waals surface area contributed by atoms with Gasteiger partial charge in [-0.1, -0.05) is 26.7 Å². The van der Waals surface area contributed by atoms with E-state index in [1.165, 1.54) is 32.8 Å². The molecule has 1 N–H and O–H groups in total. The summed E-state index contributed by atoms with van der Waals surface area (Å²) >= 11 is 0. The first kappa shape index (κ1) is 15.5. The van der Waals surface area contributed by atoms with Gasteiger partial charge in [-0.3, -0.25) is 4.79 Å². The zero-order valence-corrected chi connectivity index (χ0v) is 12.6. The molecular weight excluding hydrogens is 226 g/mol. The first-order valence-corrected chi connectivity index (χ1v) is 7.18. The van der Waals surface area contributed by atoms with Gasteiger partial charge < -0.3 is 10.1 Å². The lowest BCUT2D eigenvalue weighted by atomic mass is 9.79. The minimum Gasteiger partial charge on any atom is -0.469 e. The van der Waals surface area contributed by atoms with Crippen LogP contribution in [0.15, 0.2) is 0 Å². The molecule has 1 fully saturated rings. The van der Waals surface area contributed by atoms with Crippen LogP contribution in [0.3, 0.4) is 0 Å². The normalized spacial score (nSPS) is 25.2. The monoisotopic (exact) mass is 255 g/mol. The van der Waals surface area contributed by atoms with Crippen molar-refractivity contribution in [3.8, 4) is 0 Å². The topological polar surface area (TPSA) is 38.3 Å². The molecule has 3 heteroatoms. The molecule has 0 heterocycles. The Balaban J connectivity index is 2.41. The van der Waals surface area contributed by atoms with E-state index in [-0.39, 0.29) is 5.97 Å². The average Bonchev–Trinajstić information content (AvgIpc) is 2.35. The summed E-state index contributed by atoms with van der Waals surface area (Å²) < 4.78 is 4.84. The van der Waals surface area contributed by atoms with Crippen LogP contribution in [0.4, 0.5) is 0 Å². The molecule has 2 atom stereocenters. The van der Waals surface area contributed by atoms with Gasteiger partial charge in [0.15, 0.2) is 0 Å².